The highest BCUT2D eigenvalue weighted by molar-refractivity contribution is 5.88. The first kappa shape index (κ1) is 14.0. The van der Waals surface area contributed by atoms with Crippen molar-refractivity contribution >= 4 is 5.97 Å². The lowest BCUT2D eigenvalue weighted by molar-refractivity contribution is 0.0139. The molecule has 2 rings (SSSR count). The molecule has 1 saturated carbocycles. The molecule has 106 valence electrons. The molecule has 0 aromatic carbocycles. The number of aromatic nitrogens is 2. The first-order valence-electron chi connectivity index (χ1n) is 6.56. The summed E-state index contributed by atoms with van der Waals surface area (Å²) in [4.78, 5) is 13.1. The van der Waals surface area contributed by atoms with Gasteiger partial charge in [0.1, 0.15) is 5.56 Å². The van der Waals surface area contributed by atoms with Crippen LogP contribution in [0.3, 0.4) is 0 Å². The number of carboxylic acid groups (broad SMARTS) is 1. The number of carboxylic acids is 1. The van der Waals surface area contributed by atoms with Crippen LogP contribution in [-0.4, -0.2) is 50.1 Å². The van der Waals surface area contributed by atoms with Crippen molar-refractivity contribution < 1.29 is 15.0 Å². The lowest BCUT2D eigenvalue weighted by Gasteiger charge is -2.28. The first-order chi connectivity index (χ1) is 8.91. The molecule has 1 aromatic heterocycles. The molecule has 0 aliphatic heterocycles. The summed E-state index contributed by atoms with van der Waals surface area (Å²) in [5.74, 6) is -0.962. The Morgan fingerprint density at radius 2 is 2.16 bits per heavy atom. The van der Waals surface area contributed by atoms with Crippen LogP contribution in [0.5, 0.6) is 0 Å². The molecular weight excluding hydrogens is 246 g/mol. The van der Waals surface area contributed by atoms with Crippen LogP contribution in [0, 0.1) is 0 Å². The molecule has 1 aliphatic rings. The minimum absolute atomic E-state index is 0.229. The monoisotopic (exact) mass is 267 g/mol. The Bertz CT molecular complexity index is 464. The maximum Gasteiger partial charge on any atom is 0.339 e. The quantitative estimate of drug-likeness (QED) is 0.827. The van der Waals surface area contributed by atoms with Gasteiger partial charge in [-0.3, -0.25) is 9.58 Å². The fraction of sp³-hybridized carbons (Fsp3) is 0.692. The first-order valence-corrected chi connectivity index (χ1v) is 6.56. The summed E-state index contributed by atoms with van der Waals surface area (Å²) >= 11 is 0. The van der Waals surface area contributed by atoms with Gasteiger partial charge in [-0.1, -0.05) is 12.8 Å². The molecule has 0 spiro atoms. The van der Waals surface area contributed by atoms with E-state index in [0.717, 1.165) is 25.7 Å². The van der Waals surface area contributed by atoms with Crippen molar-refractivity contribution in [1.29, 1.82) is 0 Å². The number of aliphatic hydroxyl groups is 1. The van der Waals surface area contributed by atoms with Gasteiger partial charge in [-0.15, -0.1) is 0 Å². The number of carbonyl (C=O) groups is 1. The Morgan fingerprint density at radius 3 is 2.74 bits per heavy atom. The molecule has 19 heavy (non-hydrogen) atoms. The van der Waals surface area contributed by atoms with Gasteiger partial charge in [0.2, 0.25) is 0 Å². The summed E-state index contributed by atoms with van der Waals surface area (Å²) < 4.78 is 1.58. The topological polar surface area (TPSA) is 78.6 Å². The van der Waals surface area contributed by atoms with Crippen molar-refractivity contribution in [3.8, 4) is 0 Å². The zero-order chi connectivity index (χ0) is 14.0. The molecule has 6 heteroatoms. The summed E-state index contributed by atoms with van der Waals surface area (Å²) in [5.41, 5.74) is 0.279. The molecule has 0 saturated heterocycles. The molecule has 1 aromatic rings. The summed E-state index contributed by atoms with van der Waals surface area (Å²) in [6, 6.07) is 0. The van der Waals surface area contributed by atoms with Crippen molar-refractivity contribution in [2.75, 3.05) is 13.6 Å². The molecule has 1 aliphatic carbocycles. The van der Waals surface area contributed by atoms with Crippen molar-refractivity contribution in [1.82, 2.24) is 14.7 Å². The van der Waals surface area contributed by atoms with Crippen molar-refractivity contribution in [3.63, 3.8) is 0 Å². The number of hydrogen-bond donors (Lipinski definition) is 2. The number of hydrogen-bond acceptors (Lipinski definition) is 4. The minimum Gasteiger partial charge on any atom is -0.478 e. The van der Waals surface area contributed by atoms with E-state index in [-0.39, 0.29) is 5.56 Å². The third-order valence-corrected chi connectivity index (χ3v) is 3.81. The molecular formula is C13H21N3O3. The van der Waals surface area contributed by atoms with Crippen LogP contribution in [0.2, 0.25) is 0 Å². The van der Waals surface area contributed by atoms with E-state index >= 15 is 0 Å². The SMILES string of the molecule is CN(Cc1c(C(=O)O)cnn1C)CC1(O)CCCC1. The average Bonchev–Trinajstić information content (AvgIpc) is 2.87. The standard InChI is InChI=1S/C13H21N3O3/c1-15(9-13(19)5-3-4-6-13)8-11-10(12(17)18)7-14-16(11)2/h7,19H,3-6,8-9H2,1-2H3,(H,17,18). The maximum absolute atomic E-state index is 11.1. The fourth-order valence-corrected chi connectivity index (χ4v) is 2.83. The number of nitrogens with zero attached hydrogens (tertiary/aromatic N) is 3. The molecule has 0 bridgehead atoms. The Hall–Kier alpha value is -1.40. The molecule has 0 atom stereocenters. The number of rotatable bonds is 5. The second kappa shape index (κ2) is 5.30. The van der Waals surface area contributed by atoms with E-state index in [1.54, 1.807) is 11.7 Å². The van der Waals surface area contributed by atoms with Crippen molar-refractivity contribution in [3.05, 3.63) is 17.5 Å². The van der Waals surface area contributed by atoms with E-state index in [4.69, 9.17) is 5.11 Å². The Morgan fingerprint density at radius 1 is 1.53 bits per heavy atom. The lowest BCUT2D eigenvalue weighted by Crippen LogP contribution is -2.39. The highest BCUT2D eigenvalue weighted by Crippen LogP contribution is 2.30. The summed E-state index contributed by atoms with van der Waals surface area (Å²) in [6.45, 7) is 1.04. The second-order valence-corrected chi connectivity index (χ2v) is 5.54. The number of aromatic carboxylic acids is 1. The zero-order valence-corrected chi connectivity index (χ0v) is 11.5. The molecule has 0 unspecified atom stereocenters. The van der Waals surface area contributed by atoms with Gasteiger partial charge in [-0.05, 0) is 19.9 Å². The van der Waals surface area contributed by atoms with Crippen LogP contribution >= 0.6 is 0 Å². The maximum atomic E-state index is 11.1. The van der Waals surface area contributed by atoms with Crippen molar-refractivity contribution in [2.24, 2.45) is 7.05 Å². The Labute approximate surface area is 112 Å². The third-order valence-electron chi connectivity index (χ3n) is 3.81. The van der Waals surface area contributed by atoms with Gasteiger partial charge < -0.3 is 10.2 Å². The van der Waals surface area contributed by atoms with E-state index in [1.807, 2.05) is 11.9 Å². The van der Waals surface area contributed by atoms with Gasteiger partial charge in [-0.25, -0.2) is 4.79 Å². The van der Waals surface area contributed by atoms with E-state index in [0.29, 0.717) is 18.8 Å². The van der Waals surface area contributed by atoms with Crippen LogP contribution in [0.15, 0.2) is 6.20 Å². The summed E-state index contributed by atoms with van der Waals surface area (Å²) in [6.07, 6.45) is 5.16. The Balaban J connectivity index is 2.04. The second-order valence-electron chi connectivity index (χ2n) is 5.54. The van der Waals surface area contributed by atoms with Gasteiger partial charge in [0, 0.05) is 20.1 Å². The minimum atomic E-state index is -0.962. The van der Waals surface area contributed by atoms with Crippen LogP contribution in [0.1, 0.15) is 41.7 Å². The van der Waals surface area contributed by atoms with E-state index in [2.05, 4.69) is 5.10 Å². The van der Waals surface area contributed by atoms with Gasteiger partial charge in [0.25, 0.3) is 0 Å². The molecule has 6 nitrogen and oxygen atoms in total. The van der Waals surface area contributed by atoms with Crippen molar-refractivity contribution in [2.45, 2.75) is 37.8 Å². The summed E-state index contributed by atoms with van der Waals surface area (Å²) in [7, 11) is 3.63. The zero-order valence-electron chi connectivity index (χ0n) is 11.5. The van der Waals surface area contributed by atoms with E-state index in [1.165, 1.54) is 6.20 Å². The molecule has 0 radical (unpaired) electrons. The number of aryl methyl sites for hydroxylation is 1. The predicted octanol–water partition coefficient (Wildman–Crippen LogP) is 0.855. The van der Waals surface area contributed by atoms with Gasteiger partial charge in [-0.2, -0.15) is 5.10 Å². The highest BCUT2D eigenvalue weighted by atomic mass is 16.4. The van der Waals surface area contributed by atoms with Gasteiger partial charge in [0.15, 0.2) is 0 Å². The molecule has 2 N–H and O–H groups in total. The van der Waals surface area contributed by atoms with Gasteiger partial charge in [0.05, 0.1) is 17.5 Å². The van der Waals surface area contributed by atoms with Gasteiger partial charge >= 0.3 is 5.97 Å². The van der Waals surface area contributed by atoms with Crippen LogP contribution < -0.4 is 0 Å². The van der Waals surface area contributed by atoms with E-state index in [9.17, 15) is 9.90 Å². The summed E-state index contributed by atoms with van der Waals surface area (Å²) in [5, 5.41) is 23.4. The van der Waals surface area contributed by atoms with Crippen LogP contribution in [-0.2, 0) is 13.6 Å². The van der Waals surface area contributed by atoms with Crippen LogP contribution in [0.4, 0.5) is 0 Å². The molecule has 1 fully saturated rings. The number of likely N-dealkylation sites (N-methyl/N-ethyl adjacent to an activating group) is 1. The Kier molecular flexibility index (Phi) is 3.91. The highest BCUT2D eigenvalue weighted by Gasteiger charge is 2.32. The van der Waals surface area contributed by atoms with E-state index < -0.39 is 11.6 Å². The predicted molar refractivity (Wildman–Crippen MR) is 69.9 cm³/mol. The molecule has 0 amide bonds. The third kappa shape index (κ3) is 3.13. The normalized spacial score (nSPS) is 18.1. The average molecular weight is 267 g/mol. The molecule has 1 heterocycles. The van der Waals surface area contributed by atoms with Crippen LogP contribution in [0.25, 0.3) is 0 Å². The largest absolute Gasteiger partial charge is 0.478 e. The lowest BCUT2D eigenvalue weighted by atomic mass is 10.0. The fourth-order valence-electron chi connectivity index (χ4n) is 2.83. The smallest absolute Gasteiger partial charge is 0.339 e.